The first-order valence-electron chi connectivity index (χ1n) is 19.3. The van der Waals surface area contributed by atoms with Crippen molar-refractivity contribution in [1.82, 2.24) is 0 Å². The van der Waals surface area contributed by atoms with Gasteiger partial charge in [0.05, 0.1) is 23.0 Å². The van der Waals surface area contributed by atoms with Crippen molar-refractivity contribution in [3.63, 3.8) is 0 Å². The van der Waals surface area contributed by atoms with Gasteiger partial charge in [-0.3, -0.25) is 9.59 Å². The van der Waals surface area contributed by atoms with Gasteiger partial charge >= 0.3 is 11.9 Å². The summed E-state index contributed by atoms with van der Waals surface area (Å²) in [4.78, 5) is 60.3. The fourth-order valence-corrected chi connectivity index (χ4v) is 17.2. The lowest BCUT2D eigenvalue weighted by Crippen LogP contribution is -2.38. The zero-order chi connectivity index (χ0) is 41.2. The van der Waals surface area contributed by atoms with Crippen molar-refractivity contribution in [3.05, 3.63) is 204 Å². The summed E-state index contributed by atoms with van der Waals surface area (Å²) in [5.74, 6) is -2.56. The molecule has 6 nitrogen and oxygen atoms in total. The van der Waals surface area contributed by atoms with E-state index >= 15 is 9.59 Å². The molecule has 7 aromatic rings. The number of hydrogen-bond donors (Lipinski definition) is 0. The average molecular weight is 833 g/mol. The molecule has 7 rings (SSSR count). The smallest absolute Gasteiger partial charge is 0.343 e. The van der Waals surface area contributed by atoms with Crippen LogP contribution >= 0.6 is 25.1 Å². The number of hydrogen-bond acceptors (Lipinski definition) is 7. The Morgan fingerprint density at radius 1 is 0.373 bits per heavy atom. The maximum absolute atomic E-state index is 15.4. The lowest BCUT2D eigenvalue weighted by atomic mass is 10.2. The second kappa shape index (κ2) is 18.7. The predicted octanol–water partition coefficient (Wildman–Crippen LogP) is 7.57. The summed E-state index contributed by atoms with van der Waals surface area (Å²) in [6.45, 7) is -2.95. The van der Waals surface area contributed by atoms with Crippen molar-refractivity contribution in [2.45, 2.75) is 13.8 Å². The standard InChI is InChI=1S/C50H42O6P2S/c1-3-55-49(53)47(57(37-23-11-5-12-24-37,38-25-13-6-14-26-38)39-27-15-7-16-28-39)45(51)43-35-36-44(59-43)46(52)48(50(54)56-4-2)58(40-29-17-8-18-30-40,41-31-19-9-20-32-41)42-33-21-10-22-34-42/h5-36H,3-4H2,1-2H3. The fraction of sp³-hybridized carbons (Fsp3) is 0.0800. The van der Waals surface area contributed by atoms with Gasteiger partial charge in [0, 0.05) is 0 Å². The van der Waals surface area contributed by atoms with Crippen LogP contribution in [0.2, 0.25) is 0 Å². The van der Waals surface area contributed by atoms with Crippen molar-refractivity contribution >= 4 is 91.0 Å². The van der Waals surface area contributed by atoms with E-state index in [0.29, 0.717) is 0 Å². The van der Waals surface area contributed by atoms with E-state index in [4.69, 9.17) is 9.47 Å². The van der Waals surface area contributed by atoms with E-state index in [9.17, 15) is 9.59 Å². The molecular weight excluding hydrogens is 791 g/mol. The van der Waals surface area contributed by atoms with E-state index in [2.05, 4.69) is 0 Å². The van der Waals surface area contributed by atoms with Crippen molar-refractivity contribution in [3.8, 4) is 0 Å². The van der Waals surface area contributed by atoms with Gasteiger partial charge in [-0.25, -0.2) is 9.59 Å². The van der Waals surface area contributed by atoms with E-state index < -0.39 is 37.3 Å². The highest BCUT2D eigenvalue weighted by Crippen LogP contribution is 2.49. The predicted molar refractivity (Wildman–Crippen MR) is 247 cm³/mol. The highest BCUT2D eigenvalue weighted by atomic mass is 32.1. The Labute approximate surface area is 349 Å². The third-order valence-electron chi connectivity index (χ3n) is 9.95. The summed E-state index contributed by atoms with van der Waals surface area (Å²) in [6, 6.07) is 60.8. The topological polar surface area (TPSA) is 86.7 Å². The summed E-state index contributed by atoms with van der Waals surface area (Å²) >= 11 is 0.959. The van der Waals surface area contributed by atoms with Crippen molar-refractivity contribution in [2.24, 2.45) is 0 Å². The first-order chi connectivity index (χ1) is 28.9. The number of rotatable bonds is 14. The molecule has 9 heteroatoms. The summed E-state index contributed by atoms with van der Waals surface area (Å²) < 4.78 is 11.5. The van der Waals surface area contributed by atoms with E-state index in [1.54, 1.807) is 26.0 Å². The van der Waals surface area contributed by atoms with Gasteiger partial charge in [-0.15, -0.1) is 11.3 Å². The van der Waals surface area contributed by atoms with Crippen molar-refractivity contribution < 1.29 is 28.7 Å². The third-order valence-corrected chi connectivity index (χ3v) is 19.6. The maximum atomic E-state index is 15.4. The van der Waals surface area contributed by atoms with Crippen LogP contribution in [0.5, 0.6) is 0 Å². The number of thiophene rings is 1. The van der Waals surface area contributed by atoms with E-state index in [-0.39, 0.29) is 33.6 Å². The van der Waals surface area contributed by atoms with E-state index in [1.165, 1.54) is 0 Å². The third kappa shape index (κ3) is 7.78. The summed E-state index contributed by atoms with van der Waals surface area (Å²) in [5, 5.41) is 4.73. The van der Waals surface area contributed by atoms with Gasteiger partial charge in [-0.05, 0) is 71.6 Å². The highest BCUT2D eigenvalue weighted by molar-refractivity contribution is 7.98. The average Bonchev–Trinajstić information content (AvgIpc) is 3.80. The molecule has 0 atom stereocenters. The lowest BCUT2D eigenvalue weighted by Gasteiger charge is -2.31. The molecule has 0 aliphatic heterocycles. The minimum absolute atomic E-state index is 0.0156. The van der Waals surface area contributed by atoms with Crippen LogP contribution in [0.1, 0.15) is 33.2 Å². The Morgan fingerprint density at radius 3 is 0.797 bits per heavy atom. The molecule has 6 aromatic carbocycles. The summed E-state index contributed by atoms with van der Waals surface area (Å²) in [7, 11) is 0. The normalized spacial score (nSPS) is 11.3. The molecule has 0 fully saturated rings. The van der Waals surface area contributed by atoms with E-state index in [0.717, 1.165) is 43.2 Å². The molecule has 0 aliphatic rings. The van der Waals surface area contributed by atoms with Gasteiger partial charge in [0.2, 0.25) is 11.6 Å². The monoisotopic (exact) mass is 832 g/mol. The van der Waals surface area contributed by atoms with Crippen molar-refractivity contribution in [2.75, 3.05) is 13.2 Å². The number of benzene rings is 6. The number of carbonyl (C=O) groups excluding carboxylic acids is 4. The van der Waals surface area contributed by atoms with Crippen LogP contribution in [0.25, 0.3) is 0 Å². The maximum Gasteiger partial charge on any atom is 0.343 e. The minimum atomic E-state index is -3.24. The van der Waals surface area contributed by atoms with Crippen LogP contribution in [0.4, 0.5) is 0 Å². The van der Waals surface area contributed by atoms with Crippen LogP contribution in [0.3, 0.4) is 0 Å². The molecule has 0 bridgehead atoms. The second-order valence-electron chi connectivity index (χ2n) is 13.3. The van der Waals surface area contributed by atoms with Gasteiger partial charge in [-0.2, -0.15) is 0 Å². The largest absolute Gasteiger partial charge is 0.462 e. The molecule has 0 amide bonds. The molecule has 0 unspecified atom stereocenters. The summed E-state index contributed by atoms with van der Waals surface area (Å²) in [6.07, 6.45) is 0. The number of esters is 2. The Morgan fingerprint density at radius 2 is 0.593 bits per heavy atom. The molecule has 294 valence electrons. The van der Waals surface area contributed by atoms with Gasteiger partial charge in [0.1, 0.15) is 10.6 Å². The molecule has 0 saturated heterocycles. The Bertz CT molecular complexity index is 2300. The summed E-state index contributed by atoms with van der Waals surface area (Å²) in [5.41, 5.74) is 0. The molecule has 0 saturated carbocycles. The first-order valence-corrected chi connectivity index (χ1v) is 23.7. The Balaban J connectivity index is 1.55. The molecule has 1 aromatic heterocycles. The Hall–Kier alpha value is -6.10. The van der Waals surface area contributed by atoms with E-state index in [1.807, 2.05) is 182 Å². The zero-order valence-electron chi connectivity index (χ0n) is 32.6. The molecule has 0 N–H and O–H groups in total. The molecule has 0 radical (unpaired) electrons. The lowest BCUT2D eigenvalue weighted by molar-refractivity contribution is -0.135. The minimum Gasteiger partial charge on any atom is -0.462 e. The van der Waals surface area contributed by atoms with Gasteiger partial charge in [0.25, 0.3) is 0 Å². The second-order valence-corrected chi connectivity index (χ2v) is 21.1. The SMILES string of the molecule is CCOC(=O)C(C(=O)c1ccc(C(=O)C(C(=O)OCC)=P(c2ccccc2)(c2ccccc2)c2ccccc2)s1)=P(c1ccccc1)(c1ccccc1)c1ccccc1. The number of Topliss-reactive ketones (excluding diaryl/α,β-unsaturated/α-hetero) is 2. The van der Waals surface area contributed by atoms with Crippen LogP contribution in [0, 0.1) is 0 Å². The first kappa shape index (κ1) is 41.1. The molecule has 1 heterocycles. The highest BCUT2D eigenvalue weighted by Gasteiger charge is 2.41. The zero-order valence-corrected chi connectivity index (χ0v) is 35.2. The number of ketones is 2. The molecular formula is C50H42O6P2S. The van der Waals surface area contributed by atoms with Gasteiger partial charge < -0.3 is 9.47 Å². The fourth-order valence-electron chi connectivity index (χ4n) is 7.56. The van der Waals surface area contributed by atoms with Crippen LogP contribution in [-0.2, 0) is 19.1 Å². The Kier molecular flexibility index (Phi) is 13.0. The molecule has 59 heavy (non-hydrogen) atoms. The van der Waals surface area contributed by atoms with Gasteiger partial charge in [-0.1, -0.05) is 182 Å². The number of carbonyl (C=O) groups is 4. The van der Waals surface area contributed by atoms with Crippen molar-refractivity contribution in [1.29, 1.82) is 0 Å². The van der Waals surface area contributed by atoms with Crippen LogP contribution in [0.15, 0.2) is 194 Å². The number of ether oxygens (including phenoxy) is 2. The quantitative estimate of drug-likeness (QED) is 0.0487. The van der Waals surface area contributed by atoms with Crippen LogP contribution in [-0.4, -0.2) is 47.3 Å². The van der Waals surface area contributed by atoms with Gasteiger partial charge in [0.15, 0.2) is 0 Å². The van der Waals surface area contributed by atoms with Crippen LogP contribution < -0.4 is 31.8 Å². The molecule has 0 spiro atoms. The molecule has 0 aliphatic carbocycles.